The molecule has 94 valence electrons. The van der Waals surface area contributed by atoms with E-state index >= 15 is 0 Å². The van der Waals surface area contributed by atoms with Crippen LogP contribution in [0, 0.1) is 11.3 Å². The molecule has 0 bridgehead atoms. The zero-order valence-corrected chi connectivity index (χ0v) is 9.84. The first-order valence-corrected chi connectivity index (χ1v) is 4.93. The van der Waals surface area contributed by atoms with Gasteiger partial charge in [-0.1, -0.05) is 6.07 Å². The molecule has 18 heavy (non-hydrogen) atoms. The van der Waals surface area contributed by atoms with Crippen LogP contribution < -0.4 is 9.47 Å². The minimum atomic E-state index is -1.64. The lowest BCUT2D eigenvalue weighted by molar-refractivity contribution is -0.149. The number of hydrogen-bond donors (Lipinski definition) is 1. The maximum absolute atomic E-state index is 11.3. The molecule has 1 atom stereocenters. The van der Waals surface area contributed by atoms with Crippen LogP contribution in [0.5, 0.6) is 11.5 Å². The summed E-state index contributed by atoms with van der Waals surface area (Å²) in [7, 11) is 2.85. The molecule has 0 fully saturated rings. The van der Waals surface area contributed by atoms with E-state index in [-0.39, 0.29) is 5.56 Å². The van der Waals surface area contributed by atoms with E-state index in [0.29, 0.717) is 11.5 Å². The van der Waals surface area contributed by atoms with E-state index in [0.717, 1.165) is 0 Å². The smallest absolute Gasteiger partial charge is 0.373 e. The highest BCUT2D eigenvalue weighted by Crippen LogP contribution is 2.30. The van der Waals surface area contributed by atoms with E-state index < -0.39 is 17.7 Å². The van der Waals surface area contributed by atoms with Gasteiger partial charge >= 0.3 is 5.97 Å². The molecule has 0 saturated heterocycles. The van der Waals surface area contributed by atoms with Crippen molar-refractivity contribution >= 4 is 11.8 Å². The second-order valence-electron chi connectivity index (χ2n) is 3.35. The van der Waals surface area contributed by atoms with Crippen LogP contribution in [0.25, 0.3) is 0 Å². The van der Waals surface area contributed by atoms with Crippen LogP contribution in [0.15, 0.2) is 18.2 Å². The molecule has 1 rings (SSSR count). The van der Waals surface area contributed by atoms with E-state index in [1.807, 2.05) is 0 Å². The molecule has 0 spiro atoms. The second kappa shape index (κ2) is 5.68. The van der Waals surface area contributed by atoms with E-state index in [1.165, 1.54) is 32.4 Å². The Kier molecular flexibility index (Phi) is 4.27. The Bertz CT molecular complexity index is 518. The number of ketones is 1. The average Bonchev–Trinajstić information content (AvgIpc) is 2.39. The summed E-state index contributed by atoms with van der Waals surface area (Å²) in [6.45, 7) is 0. The van der Waals surface area contributed by atoms with Crippen molar-refractivity contribution in [3.8, 4) is 17.6 Å². The van der Waals surface area contributed by atoms with Crippen molar-refractivity contribution in [3.63, 3.8) is 0 Å². The number of nitrogens with zero attached hydrogens (tertiary/aromatic N) is 1. The van der Waals surface area contributed by atoms with E-state index in [2.05, 4.69) is 0 Å². The Morgan fingerprint density at radius 3 is 2.33 bits per heavy atom. The van der Waals surface area contributed by atoms with Gasteiger partial charge in [0.15, 0.2) is 11.5 Å². The summed E-state index contributed by atoms with van der Waals surface area (Å²) in [6.07, 6.45) is 0. The fourth-order valence-corrected chi connectivity index (χ4v) is 1.44. The highest BCUT2D eigenvalue weighted by Gasteiger charge is 2.27. The third-order valence-corrected chi connectivity index (χ3v) is 2.34. The van der Waals surface area contributed by atoms with Crippen molar-refractivity contribution < 1.29 is 24.2 Å². The molecule has 1 unspecified atom stereocenters. The molecular weight excluding hydrogens is 238 g/mol. The van der Waals surface area contributed by atoms with Gasteiger partial charge in [0.05, 0.1) is 20.3 Å². The van der Waals surface area contributed by atoms with E-state index in [9.17, 15) is 9.59 Å². The fraction of sp³-hybridized carbons (Fsp3) is 0.250. The molecule has 0 radical (unpaired) electrons. The van der Waals surface area contributed by atoms with Gasteiger partial charge in [-0.15, -0.1) is 0 Å². The average molecular weight is 249 g/mol. The van der Waals surface area contributed by atoms with Crippen molar-refractivity contribution in [2.45, 2.75) is 5.92 Å². The highest BCUT2D eigenvalue weighted by molar-refractivity contribution is 6.35. The summed E-state index contributed by atoms with van der Waals surface area (Å²) in [5.74, 6) is -3.42. The number of methoxy groups -OCH3 is 2. The molecule has 1 aromatic carbocycles. The number of ether oxygens (including phenoxy) is 2. The third kappa shape index (κ3) is 2.58. The first-order chi connectivity index (χ1) is 8.54. The van der Waals surface area contributed by atoms with Gasteiger partial charge < -0.3 is 14.6 Å². The lowest BCUT2D eigenvalue weighted by Crippen LogP contribution is -2.20. The molecule has 1 N–H and O–H groups in total. The number of Topliss-reactive ketones (excluding diaryl/α,β-unsaturated/α-hetero) is 1. The zero-order chi connectivity index (χ0) is 13.7. The minimum Gasteiger partial charge on any atom is -0.493 e. The maximum atomic E-state index is 11.3. The zero-order valence-electron chi connectivity index (χ0n) is 9.84. The minimum absolute atomic E-state index is 0.252. The molecule has 0 saturated carbocycles. The normalized spacial score (nSPS) is 11.2. The van der Waals surface area contributed by atoms with Crippen molar-refractivity contribution in [2.75, 3.05) is 14.2 Å². The molecule has 6 nitrogen and oxygen atoms in total. The van der Waals surface area contributed by atoms with Crippen molar-refractivity contribution in [2.24, 2.45) is 0 Å². The van der Waals surface area contributed by atoms with Crippen LogP contribution in [-0.4, -0.2) is 31.1 Å². The first-order valence-electron chi connectivity index (χ1n) is 4.93. The largest absolute Gasteiger partial charge is 0.493 e. The number of benzene rings is 1. The summed E-state index contributed by atoms with van der Waals surface area (Å²) >= 11 is 0. The molecule has 0 aliphatic carbocycles. The van der Waals surface area contributed by atoms with E-state index in [1.54, 1.807) is 6.07 Å². The SMILES string of the molecule is COc1ccc(C(C#N)C(=O)C(=O)O)cc1OC. The number of rotatable bonds is 5. The van der Waals surface area contributed by atoms with Gasteiger partial charge in [0.25, 0.3) is 5.78 Å². The van der Waals surface area contributed by atoms with Gasteiger partial charge in [0, 0.05) is 0 Å². The van der Waals surface area contributed by atoms with Crippen LogP contribution in [-0.2, 0) is 9.59 Å². The molecular formula is C12H11NO5. The van der Waals surface area contributed by atoms with Gasteiger partial charge in [0.1, 0.15) is 5.92 Å². The van der Waals surface area contributed by atoms with Crippen LogP contribution in [0.4, 0.5) is 0 Å². The number of carboxylic acids is 1. The Labute approximate surface area is 103 Å². The predicted molar refractivity (Wildman–Crippen MR) is 60.5 cm³/mol. The van der Waals surface area contributed by atoms with Crippen molar-refractivity contribution in [1.29, 1.82) is 5.26 Å². The Morgan fingerprint density at radius 1 is 1.28 bits per heavy atom. The lowest BCUT2D eigenvalue weighted by Gasteiger charge is -2.11. The van der Waals surface area contributed by atoms with Gasteiger partial charge in [-0.2, -0.15) is 5.26 Å². The van der Waals surface area contributed by atoms with Gasteiger partial charge in [0.2, 0.25) is 0 Å². The number of carbonyl (C=O) groups excluding carboxylic acids is 1. The number of carbonyl (C=O) groups is 2. The second-order valence-corrected chi connectivity index (χ2v) is 3.35. The van der Waals surface area contributed by atoms with Crippen LogP contribution >= 0.6 is 0 Å². The van der Waals surface area contributed by atoms with Crippen LogP contribution in [0.1, 0.15) is 11.5 Å². The van der Waals surface area contributed by atoms with Crippen LogP contribution in [0.3, 0.4) is 0 Å². The molecule has 0 amide bonds. The molecule has 0 aromatic heterocycles. The lowest BCUT2D eigenvalue weighted by atomic mass is 9.96. The maximum Gasteiger partial charge on any atom is 0.373 e. The van der Waals surface area contributed by atoms with Gasteiger partial charge in [-0.3, -0.25) is 4.79 Å². The fourth-order valence-electron chi connectivity index (χ4n) is 1.44. The molecule has 6 heteroatoms. The third-order valence-electron chi connectivity index (χ3n) is 2.34. The van der Waals surface area contributed by atoms with Gasteiger partial charge in [-0.25, -0.2) is 4.79 Å². The number of aliphatic carboxylic acids is 1. The Hall–Kier alpha value is -2.55. The quantitative estimate of drug-likeness (QED) is 0.781. The molecule has 0 aliphatic heterocycles. The first kappa shape index (κ1) is 13.5. The number of hydrogen-bond acceptors (Lipinski definition) is 5. The van der Waals surface area contributed by atoms with Crippen LogP contribution in [0.2, 0.25) is 0 Å². The highest BCUT2D eigenvalue weighted by atomic mass is 16.5. The summed E-state index contributed by atoms with van der Waals surface area (Å²) in [6, 6.07) is 6.03. The Balaban J connectivity index is 3.20. The van der Waals surface area contributed by atoms with Crippen molar-refractivity contribution in [3.05, 3.63) is 23.8 Å². The molecule has 0 aliphatic rings. The number of carboxylic acid groups (broad SMARTS) is 1. The summed E-state index contributed by atoms with van der Waals surface area (Å²) in [4.78, 5) is 21.9. The van der Waals surface area contributed by atoms with Crippen molar-refractivity contribution in [1.82, 2.24) is 0 Å². The topological polar surface area (TPSA) is 96.6 Å². The monoisotopic (exact) mass is 249 g/mol. The van der Waals surface area contributed by atoms with E-state index in [4.69, 9.17) is 19.8 Å². The molecule has 1 aromatic rings. The predicted octanol–water partition coefficient (Wildman–Crippen LogP) is 0.965. The standard InChI is InChI=1S/C12H11NO5/c1-17-9-4-3-7(5-10(9)18-2)8(6-13)11(14)12(15)16/h3-5,8H,1-2H3,(H,15,16). The summed E-state index contributed by atoms with van der Waals surface area (Å²) < 4.78 is 10.0. The van der Waals surface area contributed by atoms with Gasteiger partial charge in [-0.05, 0) is 17.7 Å². The summed E-state index contributed by atoms with van der Waals surface area (Å²) in [5.41, 5.74) is 0.252. The Morgan fingerprint density at radius 2 is 1.89 bits per heavy atom. The summed E-state index contributed by atoms with van der Waals surface area (Å²) in [5, 5.41) is 17.5. The molecule has 0 heterocycles. The number of nitriles is 1.